The molecular weight excluding hydrogens is 156 g/mol. The number of hydrogen-bond donors (Lipinski definition) is 3. The number of likely N-dealkylation sites (N-methyl/N-ethyl adjacent to an activating group) is 1. The Hall–Kier alpha value is -0.610. The van der Waals surface area contributed by atoms with Crippen molar-refractivity contribution in [3.05, 3.63) is 0 Å². The monoisotopic (exact) mass is 174 g/mol. The number of carbonyl (C=O) groups is 1. The van der Waals surface area contributed by atoms with E-state index in [0.29, 0.717) is 0 Å². The van der Waals surface area contributed by atoms with E-state index in [2.05, 4.69) is 12.2 Å². The summed E-state index contributed by atoms with van der Waals surface area (Å²) in [6, 6.07) is -0.168. The van der Waals surface area contributed by atoms with Gasteiger partial charge in [0.05, 0.1) is 6.42 Å². The summed E-state index contributed by atoms with van der Waals surface area (Å²) >= 11 is 0. The largest absolute Gasteiger partial charge is 0.481 e. The van der Waals surface area contributed by atoms with Crippen LogP contribution in [0.5, 0.6) is 0 Å². The number of carboxylic acids is 1. The van der Waals surface area contributed by atoms with Gasteiger partial charge in [0.2, 0.25) is 0 Å². The highest BCUT2D eigenvalue weighted by Crippen LogP contribution is 2.03. The molecule has 4 N–H and O–H groups in total. The second-order valence-electron chi connectivity index (χ2n) is 2.95. The first kappa shape index (κ1) is 11.4. The number of rotatable bonds is 6. The van der Waals surface area contributed by atoms with E-state index in [1.807, 2.05) is 7.05 Å². The molecule has 0 aromatic carbocycles. The van der Waals surface area contributed by atoms with Gasteiger partial charge in [0.15, 0.2) is 0 Å². The van der Waals surface area contributed by atoms with Crippen LogP contribution in [0.3, 0.4) is 0 Å². The van der Waals surface area contributed by atoms with Gasteiger partial charge in [-0.15, -0.1) is 0 Å². The normalized spacial score (nSPS) is 15.6. The minimum atomic E-state index is -0.834. The molecule has 4 nitrogen and oxygen atoms in total. The van der Waals surface area contributed by atoms with E-state index < -0.39 is 5.97 Å². The van der Waals surface area contributed by atoms with Crippen molar-refractivity contribution >= 4 is 5.97 Å². The van der Waals surface area contributed by atoms with Crippen molar-refractivity contribution in [3.8, 4) is 0 Å². The fraction of sp³-hybridized carbons (Fsp3) is 0.875. The molecule has 0 rings (SSSR count). The molecule has 2 atom stereocenters. The van der Waals surface area contributed by atoms with Crippen molar-refractivity contribution in [2.24, 2.45) is 5.73 Å². The molecule has 0 saturated carbocycles. The smallest absolute Gasteiger partial charge is 0.304 e. The predicted molar refractivity (Wildman–Crippen MR) is 48.0 cm³/mol. The van der Waals surface area contributed by atoms with Crippen molar-refractivity contribution in [2.45, 2.75) is 38.3 Å². The summed E-state index contributed by atoms with van der Waals surface area (Å²) in [6.45, 7) is 2.05. The number of nitrogens with two attached hydrogens (primary N) is 1. The van der Waals surface area contributed by atoms with E-state index in [1.165, 1.54) is 0 Å². The molecule has 0 aromatic heterocycles. The molecule has 0 aromatic rings. The maximum Gasteiger partial charge on any atom is 0.304 e. The Morgan fingerprint density at radius 2 is 2.25 bits per heavy atom. The van der Waals surface area contributed by atoms with Crippen LogP contribution in [-0.2, 0) is 4.79 Å². The van der Waals surface area contributed by atoms with Crippen LogP contribution in [0.1, 0.15) is 26.2 Å². The molecule has 0 bridgehead atoms. The lowest BCUT2D eigenvalue weighted by molar-refractivity contribution is -0.137. The lowest BCUT2D eigenvalue weighted by Crippen LogP contribution is -2.44. The van der Waals surface area contributed by atoms with Crippen LogP contribution >= 0.6 is 0 Å². The SMILES string of the molecule is CCCC(NC)C(N)CC(=O)O. The van der Waals surface area contributed by atoms with E-state index in [9.17, 15) is 4.79 Å². The highest BCUT2D eigenvalue weighted by atomic mass is 16.4. The first-order valence-corrected chi connectivity index (χ1v) is 4.26. The van der Waals surface area contributed by atoms with Gasteiger partial charge in [-0.3, -0.25) is 4.79 Å². The fourth-order valence-corrected chi connectivity index (χ4v) is 1.23. The quantitative estimate of drug-likeness (QED) is 0.537. The summed E-state index contributed by atoms with van der Waals surface area (Å²) in [5.74, 6) is -0.834. The van der Waals surface area contributed by atoms with E-state index in [1.54, 1.807) is 0 Å². The maximum atomic E-state index is 10.3. The molecule has 0 amide bonds. The van der Waals surface area contributed by atoms with Gasteiger partial charge in [0, 0.05) is 12.1 Å². The number of hydrogen-bond acceptors (Lipinski definition) is 3. The fourth-order valence-electron chi connectivity index (χ4n) is 1.23. The van der Waals surface area contributed by atoms with Crippen molar-refractivity contribution < 1.29 is 9.90 Å². The van der Waals surface area contributed by atoms with E-state index in [-0.39, 0.29) is 18.5 Å². The molecule has 0 aliphatic rings. The Kier molecular flexibility index (Phi) is 5.66. The zero-order chi connectivity index (χ0) is 9.56. The second kappa shape index (κ2) is 5.97. The molecule has 0 radical (unpaired) electrons. The third kappa shape index (κ3) is 4.31. The summed E-state index contributed by atoms with van der Waals surface area (Å²) < 4.78 is 0. The van der Waals surface area contributed by atoms with Gasteiger partial charge < -0.3 is 16.2 Å². The van der Waals surface area contributed by atoms with Gasteiger partial charge in [-0.25, -0.2) is 0 Å². The molecule has 0 aliphatic carbocycles. The van der Waals surface area contributed by atoms with Crippen LogP contribution in [0.15, 0.2) is 0 Å². The van der Waals surface area contributed by atoms with Crippen molar-refractivity contribution in [1.82, 2.24) is 5.32 Å². The first-order valence-electron chi connectivity index (χ1n) is 4.26. The van der Waals surface area contributed by atoms with Gasteiger partial charge in [-0.2, -0.15) is 0 Å². The summed E-state index contributed by atoms with van der Waals surface area (Å²) in [7, 11) is 1.81. The third-order valence-corrected chi connectivity index (χ3v) is 1.90. The Bertz CT molecular complexity index is 139. The zero-order valence-electron chi connectivity index (χ0n) is 7.71. The Labute approximate surface area is 73.1 Å². The van der Waals surface area contributed by atoms with Gasteiger partial charge in [0.1, 0.15) is 0 Å². The molecule has 12 heavy (non-hydrogen) atoms. The predicted octanol–water partition coefficient (Wildman–Crippen LogP) is 0.177. The average Bonchev–Trinajstić information content (AvgIpc) is 1.98. The molecule has 0 saturated heterocycles. The first-order chi connectivity index (χ1) is 5.61. The Morgan fingerprint density at radius 3 is 2.58 bits per heavy atom. The number of carboxylic acid groups (broad SMARTS) is 1. The average molecular weight is 174 g/mol. The van der Waals surface area contributed by atoms with Crippen molar-refractivity contribution in [2.75, 3.05) is 7.05 Å². The molecule has 0 aliphatic heterocycles. The highest BCUT2D eigenvalue weighted by Gasteiger charge is 2.17. The minimum Gasteiger partial charge on any atom is -0.481 e. The third-order valence-electron chi connectivity index (χ3n) is 1.90. The zero-order valence-corrected chi connectivity index (χ0v) is 7.71. The summed E-state index contributed by atoms with van der Waals surface area (Å²) in [6.07, 6.45) is 1.97. The molecule has 72 valence electrons. The molecule has 4 heteroatoms. The molecule has 0 heterocycles. The van der Waals surface area contributed by atoms with E-state index in [0.717, 1.165) is 12.8 Å². The summed E-state index contributed by atoms with van der Waals surface area (Å²) in [5, 5.41) is 11.5. The second-order valence-corrected chi connectivity index (χ2v) is 2.95. The van der Waals surface area contributed by atoms with Crippen LogP contribution in [0.25, 0.3) is 0 Å². The molecule has 0 spiro atoms. The standard InChI is InChI=1S/C8H18N2O2/c1-3-4-7(10-2)6(9)5-8(11)12/h6-7,10H,3-5,9H2,1-2H3,(H,11,12). The lowest BCUT2D eigenvalue weighted by atomic mass is 10.0. The number of aliphatic carboxylic acids is 1. The van der Waals surface area contributed by atoms with E-state index in [4.69, 9.17) is 10.8 Å². The van der Waals surface area contributed by atoms with Crippen molar-refractivity contribution in [1.29, 1.82) is 0 Å². The van der Waals surface area contributed by atoms with Gasteiger partial charge in [0.25, 0.3) is 0 Å². The Balaban J connectivity index is 3.84. The van der Waals surface area contributed by atoms with Gasteiger partial charge >= 0.3 is 5.97 Å². The molecule has 0 fully saturated rings. The Morgan fingerprint density at radius 1 is 1.67 bits per heavy atom. The van der Waals surface area contributed by atoms with Crippen LogP contribution in [-0.4, -0.2) is 30.2 Å². The summed E-state index contributed by atoms with van der Waals surface area (Å²) in [5.41, 5.74) is 5.67. The lowest BCUT2D eigenvalue weighted by Gasteiger charge is -2.21. The van der Waals surface area contributed by atoms with Crippen LogP contribution in [0.4, 0.5) is 0 Å². The maximum absolute atomic E-state index is 10.3. The summed E-state index contributed by atoms with van der Waals surface area (Å²) in [4.78, 5) is 10.3. The van der Waals surface area contributed by atoms with Crippen LogP contribution < -0.4 is 11.1 Å². The van der Waals surface area contributed by atoms with Crippen LogP contribution in [0, 0.1) is 0 Å². The van der Waals surface area contributed by atoms with Gasteiger partial charge in [-0.05, 0) is 13.5 Å². The highest BCUT2D eigenvalue weighted by molar-refractivity contribution is 5.67. The topological polar surface area (TPSA) is 75.3 Å². The van der Waals surface area contributed by atoms with Crippen molar-refractivity contribution in [3.63, 3.8) is 0 Å². The number of nitrogens with one attached hydrogen (secondary N) is 1. The minimum absolute atomic E-state index is 0.0332. The molecule has 2 unspecified atom stereocenters. The van der Waals surface area contributed by atoms with Gasteiger partial charge in [-0.1, -0.05) is 13.3 Å². The van der Waals surface area contributed by atoms with E-state index >= 15 is 0 Å². The molecular formula is C8H18N2O2. The van der Waals surface area contributed by atoms with Crippen LogP contribution in [0.2, 0.25) is 0 Å².